The minimum absolute atomic E-state index is 0.0208. The Morgan fingerprint density at radius 1 is 1.34 bits per heavy atom. The number of nitrogens with zero attached hydrogens (tertiary/aromatic N) is 4. The number of aromatic nitrogens is 2. The van der Waals surface area contributed by atoms with Gasteiger partial charge in [-0.15, -0.1) is 34.7 Å². The molecule has 4 heterocycles. The number of alkyl halides is 1. The van der Waals surface area contributed by atoms with Crippen molar-refractivity contribution in [2.24, 2.45) is 5.16 Å². The Labute approximate surface area is 228 Å². The predicted octanol–water partition coefficient (Wildman–Crippen LogP) is 1.34. The molecule has 0 aliphatic carbocycles. The van der Waals surface area contributed by atoms with Crippen LogP contribution in [0.25, 0.3) is 5.57 Å². The topological polar surface area (TPSA) is 197 Å². The van der Waals surface area contributed by atoms with Crippen LogP contribution < -0.4 is 11.1 Å². The second-order valence-electron chi connectivity index (χ2n) is 8.58. The number of hydrogen-bond acceptors (Lipinski definition) is 11. The van der Waals surface area contributed by atoms with Crippen LogP contribution in [-0.2, 0) is 29.9 Å². The molecule has 13 nitrogen and oxygen atoms in total. The predicted molar refractivity (Wildman–Crippen MR) is 139 cm³/mol. The van der Waals surface area contributed by atoms with Gasteiger partial charge in [-0.3, -0.25) is 19.5 Å². The monoisotopic (exact) mass is 580 g/mol. The average Bonchev–Trinajstić information content (AvgIpc) is 3.31. The molecule has 2 aliphatic rings. The number of pyridine rings is 1. The van der Waals surface area contributed by atoms with E-state index in [4.69, 9.17) is 22.2 Å². The Morgan fingerprint density at radius 2 is 2.08 bits per heavy atom. The summed E-state index contributed by atoms with van der Waals surface area (Å²) < 4.78 is 0. The average molecular weight is 581 g/mol. The summed E-state index contributed by atoms with van der Waals surface area (Å²) in [5.74, 6) is -3.69. The smallest absolute Gasteiger partial charge is 0.352 e. The highest BCUT2D eigenvalue weighted by Gasteiger charge is 2.54. The van der Waals surface area contributed by atoms with Crippen molar-refractivity contribution in [2.45, 2.75) is 36.7 Å². The fourth-order valence-electron chi connectivity index (χ4n) is 3.53. The molecular formula is C22H21ClN6O7S2. The Morgan fingerprint density at radius 3 is 2.63 bits per heavy atom. The second kappa shape index (κ2) is 10.6. The van der Waals surface area contributed by atoms with Gasteiger partial charge in [0, 0.05) is 22.9 Å². The number of anilines is 1. The van der Waals surface area contributed by atoms with Gasteiger partial charge >= 0.3 is 11.9 Å². The van der Waals surface area contributed by atoms with Gasteiger partial charge in [0.1, 0.15) is 22.8 Å². The van der Waals surface area contributed by atoms with Crippen LogP contribution in [0.1, 0.15) is 30.8 Å². The van der Waals surface area contributed by atoms with Crippen LogP contribution in [0, 0.1) is 0 Å². The van der Waals surface area contributed by atoms with E-state index in [0.717, 1.165) is 16.2 Å². The molecule has 0 radical (unpaired) electrons. The van der Waals surface area contributed by atoms with Crippen molar-refractivity contribution in [1.82, 2.24) is 20.2 Å². The summed E-state index contributed by atoms with van der Waals surface area (Å²) in [7, 11) is 0. The number of carbonyl (C=O) groups is 4. The van der Waals surface area contributed by atoms with Crippen LogP contribution in [0.15, 0.2) is 34.6 Å². The maximum Gasteiger partial charge on any atom is 0.352 e. The Balaban J connectivity index is 1.58. The number of nitrogens with two attached hydrogens (primary N) is 1. The maximum absolute atomic E-state index is 13.2. The van der Waals surface area contributed by atoms with E-state index in [0.29, 0.717) is 16.8 Å². The number of carbonyl (C=O) groups excluding carboxylic acids is 2. The maximum atomic E-state index is 13.2. The van der Waals surface area contributed by atoms with Gasteiger partial charge in [0.15, 0.2) is 10.8 Å². The number of β-lactam (4-membered cyclic amide) rings is 1. The Bertz CT molecular complexity index is 1370. The first-order valence-electron chi connectivity index (χ1n) is 10.9. The number of nitrogen functional groups attached to an aromatic ring is 1. The standard InChI is InChI=1S/C22H21ClN6O7S2/c1-22(2,20(34)35)36-28-13(12-8-38-21(24)26-12)16(30)27-14-17(31)29-15(19(32)33)11(7-37-18(14)29)9-3-4-10(5-23)25-6-9/h3-4,6,8,14,18H,5,7H2,1-2H3,(H2,24,26)(H,27,30)(H,32,33)(H,34,35)/b28-13-/t14-,18-/m1/s1. The van der Waals surface area contributed by atoms with Gasteiger partial charge in [0.2, 0.25) is 5.60 Å². The lowest BCUT2D eigenvalue weighted by Crippen LogP contribution is -2.71. The fraction of sp³-hybridized carbons (Fsp3) is 0.318. The van der Waals surface area contributed by atoms with Crippen molar-refractivity contribution in [2.75, 3.05) is 11.5 Å². The lowest BCUT2D eigenvalue weighted by Gasteiger charge is -2.49. The number of fused-ring (bicyclic) bond motifs is 1. The highest BCUT2D eigenvalue weighted by molar-refractivity contribution is 8.00. The van der Waals surface area contributed by atoms with Crippen molar-refractivity contribution in [3.8, 4) is 0 Å². The Kier molecular flexibility index (Phi) is 7.62. The summed E-state index contributed by atoms with van der Waals surface area (Å²) in [6, 6.07) is 2.29. The van der Waals surface area contributed by atoms with Gasteiger partial charge in [-0.25, -0.2) is 14.6 Å². The molecule has 0 saturated carbocycles. The highest BCUT2D eigenvalue weighted by atomic mass is 35.5. The summed E-state index contributed by atoms with van der Waals surface area (Å²) in [4.78, 5) is 64.2. The largest absolute Gasteiger partial charge is 0.478 e. The number of oxime groups is 1. The van der Waals surface area contributed by atoms with E-state index in [1.165, 1.54) is 37.2 Å². The van der Waals surface area contributed by atoms with Gasteiger partial charge in [-0.1, -0.05) is 11.2 Å². The number of carboxylic acid groups (broad SMARTS) is 2. The molecule has 0 bridgehead atoms. The summed E-state index contributed by atoms with van der Waals surface area (Å²) >= 11 is 8.07. The highest BCUT2D eigenvalue weighted by Crippen LogP contribution is 2.43. The van der Waals surface area contributed by atoms with Crippen molar-refractivity contribution in [3.05, 3.63) is 46.4 Å². The molecule has 0 aromatic carbocycles. The van der Waals surface area contributed by atoms with E-state index in [1.54, 1.807) is 12.1 Å². The van der Waals surface area contributed by atoms with Crippen LogP contribution in [0.3, 0.4) is 0 Å². The molecule has 0 unspecified atom stereocenters. The minimum atomic E-state index is -1.76. The van der Waals surface area contributed by atoms with Crippen LogP contribution in [0.5, 0.6) is 0 Å². The molecule has 1 fully saturated rings. The van der Waals surface area contributed by atoms with Crippen molar-refractivity contribution >= 4 is 74.9 Å². The van der Waals surface area contributed by atoms with Crippen LogP contribution >= 0.6 is 34.7 Å². The number of hydrogen-bond donors (Lipinski definition) is 4. The van der Waals surface area contributed by atoms with E-state index >= 15 is 0 Å². The summed E-state index contributed by atoms with van der Waals surface area (Å²) in [6.07, 6.45) is 1.50. The zero-order valence-electron chi connectivity index (χ0n) is 19.9. The molecule has 5 N–H and O–H groups in total. The van der Waals surface area contributed by atoms with Gasteiger partial charge in [-0.05, 0) is 25.5 Å². The van der Waals surface area contributed by atoms with E-state index in [2.05, 4.69) is 20.4 Å². The van der Waals surface area contributed by atoms with Crippen molar-refractivity contribution in [1.29, 1.82) is 0 Å². The Hall–Kier alpha value is -3.69. The number of thioether (sulfide) groups is 1. The molecule has 2 aliphatic heterocycles. The van der Waals surface area contributed by atoms with Crippen LogP contribution in [0.4, 0.5) is 5.13 Å². The first kappa shape index (κ1) is 27.3. The number of rotatable bonds is 9. The number of aliphatic carboxylic acids is 2. The molecule has 2 aromatic heterocycles. The molecule has 0 spiro atoms. The molecule has 2 atom stereocenters. The summed E-state index contributed by atoms with van der Waals surface area (Å²) in [5.41, 5.74) is 4.91. The first-order valence-corrected chi connectivity index (χ1v) is 13.3. The third-order valence-electron chi connectivity index (χ3n) is 5.63. The SMILES string of the molecule is CC(C)(O/N=C(\C(=O)N[C@@H]1C(=O)N2C(C(=O)O)=C(c3ccc(CCl)nc3)CS[C@H]12)c1csc(N)n1)C(=O)O. The molecule has 200 valence electrons. The molecule has 4 rings (SSSR count). The number of amides is 2. The minimum Gasteiger partial charge on any atom is -0.478 e. The quantitative estimate of drug-likeness (QED) is 0.144. The lowest BCUT2D eigenvalue weighted by molar-refractivity contribution is -0.161. The van der Waals surface area contributed by atoms with E-state index in [-0.39, 0.29) is 33.9 Å². The lowest BCUT2D eigenvalue weighted by atomic mass is 9.99. The zero-order valence-corrected chi connectivity index (χ0v) is 22.3. The number of nitrogens with one attached hydrogen (secondary N) is 1. The third kappa shape index (κ3) is 5.16. The van der Waals surface area contributed by atoms with Crippen molar-refractivity contribution < 1.29 is 34.2 Å². The van der Waals surface area contributed by atoms with Gasteiger partial charge < -0.3 is 26.1 Å². The van der Waals surface area contributed by atoms with E-state index < -0.39 is 40.8 Å². The van der Waals surface area contributed by atoms with Gasteiger partial charge in [0.05, 0.1) is 11.6 Å². The normalized spacial score (nSPS) is 19.5. The summed E-state index contributed by atoms with van der Waals surface area (Å²) in [5, 5.41) is 26.3. The molecule has 2 amide bonds. The molecule has 16 heteroatoms. The van der Waals surface area contributed by atoms with Gasteiger partial charge in [0.25, 0.3) is 11.8 Å². The van der Waals surface area contributed by atoms with Crippen LogP contribution in [-0.4, -0.2) is 77.3 Å². The molecule has 2 aromatic rings. The number of thiazole rings is 1. The summed E-state index contributed by atoms with van der Waals surface area (Å²) in [6.45, 7) is 2.48. The first-order chi connectivity index (χ1) is 17.9. The zero-order chi connectivity index (χ0) is 27.8. The number of halogens is 1. The third-order valence-corrected chi connectivity index (χ3v) is 7.85. The fourth-order valence-corrected chi connectivity index (χ4v) is 5.61. The molecular weight excluding hydrogens is 560 g/mol. The van der Waals surface area contributed by atoms with E-state index in [1.807, 2.05) is 0 Å². The number of carboxylic acids is 2. The van der Waals surface area contributed by atoms with E-state index in [9.17, 15) is 29.4 Å². The van der Waals surface area contributed by atoms with Crippen LogP contribution in [0.2, 0.25) is 0 Å². The molecule has 1 saturated heterocycles. The molecule has 38 heavy (non-hydrogen) atoms. The second-order valence-corrected chi connectivity index (χ2v) is 10.8. The van der Waals surface area contributed by atoms with Gasteiger partial charge in [-0.2, -0.15) is 0 Å². The van der Waals surface area contributed by atoms with Crippen molar-refractivity contribution in [3.63, 3.8) is 0 Å².